The van der Waals surface area contributed by atoms with Crippen LogP contribution in [0.1, 0.15) is 26.2 Å². The molecule has 4 rings (SSSR count). The number of para-hydroxylation sites is 2. The molecule has 2 saturated heterocycles. The van der Waals surface area contributed by atoms with E-state index in [0.717, 1.165) is 75.8 Å². The predicted octanol–water partition coefficient (Wildman–Crippen LogP) is 3.10. The van der Waals surface area contributed by atoms with Crippen LogP contribution in [-0.4, -0.2) is 79.1 Å². The lowest BCUT2D eigenvalue weighted by Gasteiger charge is -2.26. The van der Waals surface area contributed by atoms with Crippen LogP contribution in [0.5, 0.6) is 0 Å². The maximum absolute atomic E-state index is 14.7. The number of hydrogen-bond acceptors (Lipinski definition) is 5. The molecule has 30 heavy (non-hydrogen) atoms. The van der Waals surface area contributed by atoms with Crippen LogP contribution in [0.3, 0.4) is 0 Å². The summed E-state index contributed by atoms with van der Waals surface area (Å²) < 4.78 is 22.6. The van der Waals surface area contributed by atoms with Crippen molar-refractivity contribution < 1.29 is 9.13 Å². The van der Waals surface area contributed by atoms with Gasteiger partial charge in [0.1, 0.15) is 5.67 Å². The van der Waals surface area contributed by atoms with Gasteiger partial charge in [-0.15, -0.1) is 12.4 Å². The number of hydrogen-bond donors (Lipinski definition) is 1. The summed E-state index contributed by atoms with van der Waals surface area (Å²) in [6, 6.07) is 8.33. The van der Waals surface area contributed by atoms with E-state index in [0.29, 0.717) is 26.0 Å². The minimum atomic E-state index is -1.01. The van der Waals surface area contributed by atoms with Crippen LogP contribution in [0.2, 0.25) is 0 Å². The molecule has 6 nitrogen and oxygen atoms in total. The zero-order chi connectivity index (χ0) is 20.1. The van der Waals surface area contributed by atoms with E-state index in [1.165, 1.54) is 0 Å². The fraction of sp³-hybridized carbons (Fsp3) is 0.682. The second-order valence-corrected chi connectivity index (χ2v) is 8.26. The molecule has 2 aliphatic heterocycles. The number of rotatable bonds is 8. The van der Waals surface area contributed by atoms with Gasteiger partial charge in [0.25, 0.3) is 0 Å². The molecule has 2 aromatic rings. The van der Waals surface area contributed by atoms with Crippen LogP contribution < -0.4 is 10.2 Å². The largest absolute Gasteiger partial charge is 0.380 e. The van der Waals surface area contributed by atoms with E-state index in [-0.39, 0.29) is 12.4 Å². The minimum Gasteiger partial charge on any atom is -0.380 e. The fourth-order valence-electron chi connectivity index (χ4n) is 4.50. The molecule has 1 unspecified atom stereocenters. The van der Waals surface area contributed by atoms with Gasteiger partial charge in [-0.3, -0.25) is 0 Å². The molecule has 0 amide bonds. The molecular weight excluding hydrogens is 405 g/mol. The number of fused-ring (bicyclic) bond motifs is 1. The molecule has 8 heteroatoms. The first-order valence-electron chi connectivity index (χ1n) is 11.1. The average molecular weight is 440 g/mol. The van der Waals surface area contributed by atoms with Gasteiger partial charge in [-0.25, -0.2) is 9.37 Å². The average Bonchev–Trinajstić information content (AvgIpc) is 3.24. The van der Waals surface area contributed by atoms with E-state index in [4.69, 9.17) is 9.72 Å². The van der Waals surface area contributed by atoms with E-state index in [1.807, 2.05) is 13.0 Å². The van der Waals surface area contributed by atoms with Gasteiger partial charge in [-0.1, -0.05) is 12.1 Å². The van der Waals surface area contributed by atoms with Crippen LogP contribution in [-0.2, 0) is 11.3 Å². The molecule has 0 aliphatic carbocycles. The Balaban J connectivity index is 0.00000256. The zero-order valence-corrected chi connectivity index (χ0v) is 18.8. The van der Waals surface area contributed by atoms with E-state index < -0.39 is 5.67 Å². The van der Waals surface area contributed by atoms with E-state index >= 15 is 0 Å². The van der Waals surface area contributed by atoms with Crippen LogP contribution in [0, 0.1) is 0 Å². The third-order valence-corrected chi connectivity index (χ3v) is 6.24. The second kappa shape index (κ2) is 10.8. The van der Waals surface area contributed by atoms with Crippen molar-refractivity contribution in [2.75, 3.05) is 63.9 Å². The van der Waals surface area contributed by atoms with Crippen LogP contribution in [0.25, 0.3) is 11.0 Å². The Labute approximate surface area is 185 Å². The van der Waals surface area contributed by atoms with Gasteiger partial charge in [0.05, 0.1) is 17.6 Å². The van der Waals surface area contributed by atoms with Crippen molar-refractivity contribution in [1.82, 2.24) is 19.8 Å². The lowest BCUT2D eigenvalue weighted by Crippen LogP contribution is -2.36. The number of imidazole rings is 1. The molecule has 0 saturated carbocycles. The lowest BCUT2D eigenvalue weighted by molar-refractivity contribution is 0.140. The second-order valence-electron chi connectivity index (χ2n) is 8.26. The van der Waals surface area contributed by atoms with Gasteiger partial charge in [-0.2, -0.15) is 0 Å². The fourth-order valence-corrected chi connectivity index (χ4v) is 4.50. The third-order valence-electron chi connectivity index (χ3n) is 6.24. The normalized spacial score (nSPS) is 22.9. The van der Waals surface area contributed by atoms with Crippen LogP contribution >= 0.6 is 12.4 Å². The molecule has 2 aliphatic rings. The molecule has 0 bridgehead atoms. The SMILES string of the molecule is CCOCCn1c(N2CCCN(CCC3(F)CCNC3)CC2)nc2ccccc21.Cl. The number of alkyl halides is 1. The molecule has 168 valence electrons. The monoisotopic (exact) mass is 439 g/mol. The Morgan fingerprint density at radius 3 is 2.83 bits per heavy atom. The Morgan fingerprint density at radius 2 is 2.03 bits per heavy atom. The number of nitrogens with zero attached hydrogens (tertiary/aromatic N) is 4. The maximum atomic E-state index is 14.7. The van der Waals surface area contributed by atoms with Crippen molar-refractivity contribution in [2.45, 2.75) is 38.4 Å². The third kappa shape index (κ3) is 5.44. The van der Waals surface area contributed by atoms with Crippen LogP contribution in [0.4, 0.5) is 10.3 Å². The minimum absolute atomic E-state index is 0. The quantitative estimate of drug-likeness (QED) is 0.640. The molecule has 1 aromatic carbocycles. The van der Waals surface area contributed by atoms with Gasteiger partial charge in [0, 0.05) is 45.9 Å². The van der Waals surface area contributed by atoms with E-state index in [9.17, 15) is 4.39 Å². The highest BCUT2D eigenvalue weighted by atomic mass is 35.5. The zero-order valence-electron chi connectivity index (χ0n) is 18.0. The van der Waals surface area contributed by atoms with E-state index in [1.54, 1.807) is 0 Å². The Bertz CT molecular complexity index is 795. The summed E-state index contributed by atoms with van der Waals surface area (Å²) in [4.78, 5) is 9.77. The summed E-state index contributed by atoms with van der Waals surface area (Å²) in [6.07, 6.45) is 2.36. The highest BCUT2D eigenvalue weighted by Gasteiger charge is 2.33. The molecule has 0 spiro atoms. The van der Waals surface area contributed by atoms with Gasteiger partial charge < -0.3 is 24.4 Å². The van der Waals surface area contributed by atoms with Gasteiger partial charge >= 0.3 is 0 Å². The molecular formula is C22H35ClFN5O. The molecule has 0 radical (unpaired) electrons. The number of anilines is 1. The van der Waals surface area contributed by atoms with Crippen molar-refractivity contribution >= 4 is 29.4 Å². The van der Waals surface area contributed by atoms with Gasteiger partial charge in [0.2, 0.25) is 5.95 Å². The highest BCUT2D eigenvalue weighted by molar-refractivity contribution is 5.85. The Kier molecular flexibility index (Phi) is 8.34. The first-order valence-corrected chi connectivity index (χ1v) is 11.1. The van der Waals surface area contributed by atoms with Gasteiger partial charge in [0.15, 0.2) is 0 Å². The molecule has 3 heterocycles. The molecule has 2 fully saturated rings. The first-order chi connectivity index (χ1) is 14.2. The molecule has 1 atom stereocenters. The summed E-state index contributed by atoms with van der Waals surface area (Å²) >= 11 is 0. The highest BCUT2D eigenvalue weighted by Crippen LogP contribution is 2.26. The first kappa shape index (κ1) is 23.3. The van der Waals surface area contributed by atoms with Crippen molar-refractivity contribution in [3.63, 3.8) is 0 Å². The maximum Gasteiger partial charge on any atom is 0.206 e. The van der Waals surface area contributed by atoms with Crippen molar-refractivity contribution in [1.29, 1.82) is 0 Å². The molecule has 1 N–H and O–H groups in total. The number of ether oxygens (including phenoxy) is 1. The summed E-state index contributed by atoms with van der Waals surface area (Å²) in [6.45, 7) is 10.3. The number of halogens is 2. The number of aromatic nitrogens is 2. The van der Waals surface area contributed by atoms with Crippen molar-refractivity contribution in [3.8, 4) is 0 Å². The van der Waals surface area contributed by atoms with E-state index in [2.05, 4.69) is 37.9 Å². The smallest absolute Gasteiger partial charge is 0.206 e. The lowest BCUT2D eigenvalue weighted by atomic mass is 10.0. The standard InChI is InChI=1S/C22H34FN5O.ClH/c1-2-29-17-16-28-20-7-4-3-6-19(20)25-21(28)27-12-5-11-26(14-15-27)13-9-22(23)8-10-24-18-22;/h3-4,6-7,24H,2,5,8-18H2,1H3;1H. The summed E-state index contributed by atoms with van der Waals surface area (Å²) in [5.74, 6) is 1.04. The topological polar surface area (TPSA) is 45.6 Å². The molecule has 1 aromatic heterocycles. The summed E-state index contributed by atoms with van der Waals surface area (Å²) in [7, 11) is 0. The predicted molar refractivity (Wildman–Crippen MR) is 123 cm³/mol. The summed E-state index contributed by atoms with van der Waals surface area (Å²) in [5, 5.41) is 3.16. The summed E-state index contributed by atoms with van der Waals surface area (Å²) in [5.41, 5.74) is 1.18. The number of nitrogens with one attached hydrogen (secondary N) is 1. The van der Waals surface area contributed by atoms with Crippen molar-refractivity contribution in [2.24, 2.45) is 0 Å². The van der Waals surface area contributed by atoms with Gasteiger partial charge in [-0.05, 0) is 51.4 Å². The van der Waals surface area contributed by atoms with Crippen molar-refractivity contribution in [3.05, 3.63) is 24.3 Å². The number of benzene rings is 1. The Hall–Kier alpha value is -1.41. The Morgan fingerprint density at radius 1 is 1.17 bits per heavy atom. The van der Waals surface area contributed by atoms with Crippen LogP contribution in [0.15, 0.2) is 24.3 Å².